The molecular weight excluding hydrogens is 250 g/mol. The molecule has 6 heteroatoms. The average Bonchev–Trinajstić information content (AvgIpc) is 2.70. The molecule has 1 amide bonds. The Labute approximate surface area is 114 Å². The lowest BCUT2D eigenvalue weighted by molar-refractivity contribution is -0.112. The van der Waals surface area contributed by atoms with Crippen LogP contribution in [0.1, 0.15) is 33.6 Å². The Morgan fingerprint density at radius 2 is 1.89 bits per heavy atom. The molecule has 2 atom stereocenters. The Morgan fingerprint density at radius 1 is 1.37 bits per heavy atom. The first-order valence-electron chi connectivity index (χ1n) is 6.28. The summed E-state index contributed by atoms with van der Waals surface area (Å²) in [4.78, 5) is 24.0. The summed E-state index contributed by atoms with van der Waals surface area (Å²) in [5, 5.41) is 9.13. The van der Waals surface area contributed by atoms with E-state index in [0.29, 0.717) is 12.8 Å². The fraction of sp³-hybridized carbons (Fsp3) is 0.846. The largest absolute Gasteiger partial charge is 0.444 e. The normalized spacial score (nSPS) is 22.5. The quantitative estimate of drug-likeness (QED) is 0.767. The Kier molecular flexibility index (Phi) is 7.63. The Hall–Kier alpha value is -1.14. The van der Waals surface area contributed by atoms with Gasteiger partial charge in [-0.15, -0.1) is 0 Å². The van der Waals surface area contributed by atoms with Crippen molar-refractivity contribution in [2.45, 2.75) is 51.3 Å². The first kappa shape index (κ1) is 17.9. The Bertz CT molecular complexity index is 287. The van der Waals surface area contributed by atoms with E-state index < -0.39 is 17.7 Å². The summed E-state index contributed by atoms with van der Waals surface area (Å²) in [6.07, 6.45) is 1.44. The van der Waals surface area contributed by atoms with Crippen LogP contribution in [0.5, 0.6) is 0 Å². The molecule has 1 rings (SSSR count). The molecule has 1 aliphatic rings. The molecule has 2 unspecified atom stereocenters. The first-order chi connectivity index (χ1) is 8.80. The predicted molar refractivity (Wildman–Crippen MR) is 71.0 cm³/mol. The van der Waals surface area contributed by atoms with Gasteiger partial charge in [-0.25, -0.2) is 4.79 Å². The molecule has 0 aromatic rings. The zero-order valence-corrected chi connectivity index (χ0v) is 12.4. The van der Waals surface area contributed by atoms with Crippen molar-refractivity contribution < 1.29 is 24.2 Å². The number of likely N-dealkylation sites (tertiary alicyclic amines) is 1. The van der Waals surface area contributed by atoms with Crippen LogP contribution in [-0.4, -0.2) is 60.9 Å². The number of hydrogen-bond acceptors (Lipinski definition) is 5. The number of aliphatic hydroxyl groups is 1. The van der Waals surface area contributed by atoms with Crippen molar-refractivity contribution in [2.24, 2.45) is 0 Å². The van der Waals surface area contributed by atoms with Gasteiger partial charge in [-0.2, -0.15) is 0 Å². The third kappa shape index (κ3) is 6.02. The van der Waals surface area contributed by atoms with Crippen LogP contribution in [0.25, 0.3) is 0 Å². The summed E-state index contributed by atoms with van der Waals surface area (Å²) < 4.78 is 9.45. The molecule has 1 aliphatic heterocycles. The summed E-state index contributed by atoms with van der Waals surface area (Å²) >= 11 is 0. The highest BCUT2D eigenvalue weighted by Crippen LogP contribution is 2.25. The molecule has 0 aromatic carbocycles. The third-order valence-electron chi connectivity index (χ3n) is 2.52. The molecule has 0 bridgehead atoms. The van der Waals surface area contributed by atoms with E-state index in [-0.39, 0.29) is 12.6 Å². The van der Waals surface area contributed by atoms with Crippen LogP contribution in [0.15, 0.2) is 0 Å². The summed E-state index contributed by atoms with van der Waals surface area (Å²) in [6.45, 7) is 5.17. The number of methoxy groups -OCH3 is 1. The molecule has 0 spiro atoms. The molecule has 1 heterocycles. The van der Waals surface area contributed by atoms with E-state index >= 15 is 0 Å². The van der Waals surface area contributed by atoms with Gasteiger partial charge in [-0.1, -0.05) is 0 Å². The fourth-order valence-electron chi connectivity index (χ4n) is 1.82. The van der Waals surface area contributed by atoms with Gasteiger partial charge in [0.2, 0.25) is 0 Å². The molecule has 0 radical (unpaired) electrons. The van der Waals surface area contributed by atoms with Crippen LogP contribution in [-0.2, 0) is 14.3 Å². The Balaban J connectivity index is 0.000000982. The van der Waals surface area contributed by atoms with Crippen molar-refractivity contribution >= 4 is 12.4 Å². The second-order valence-electron chi connectivity index (χ2n) is 5.41. The van der Waals surface area contributed by atoms with Crippen molar-refractivity contribution in [3.8, 4) is 0 Å². The zero-order chi connectivity index (χ0) is 15.1. The van der Waals surface area contributed by atoms with Crippen molar-refractivity contribution in [3.63, 3.8) is 0 Å². The highest BCUT2D eigenvalue weighted by molar-refractivity contribution is 5.75. The van der Waals surface area contributed by atoms with Gasteiger partial charge in [0.15, 0.2) is 0 Å². The van der Waals surface area contributed by atoms with Gasteiger partial charge >= 0.3 is 6.09 Å². The standard InChI is InChI=1S/C11H19NO4.C2H6O/c1-11(2,3)16-10(15)12-8(6-13)4-5-9(12)7-14;1-3-2/h6,8-9,14H,4-5,7H2,1-3H3;1-2H3. The van der Waals surface area contributed by atoms with Gasteiger partial charge in [0.25, 0.3) is 0 Å². The van der Waals surface area contributed by atoms with Crippen LogP contribution >= 0.6 is 0 Å². The molecule has 6 nitrogen and oxygen atoms in total. The molecule has 1 saturated heterocycles. The number of carbonyl (C=O) groups excluding carboxylic acids is 2. The van der Waals surface area contributed by atoms with E-state index in [0.717, 1.165) is 6.29 Å². The number of amides is 1. The van der Waals surface area contributed by atoms with Gasteiger partial charge in [0.1, 0.15) is 11.9 Å². The van der Waals surface area contributed by atoms with Crippen LogP contribution < -0.4 is 0 Å². The van der Waals surface area contributed by atoms with Crippen LogP contribution in [0.4, 0.5) is 4.79 Å². The third-order valence-corrected chi connectivity index (χ3v) is 2.52. The summed E-state index contributed by atoms with van der Waals surface area (Å²) in [6, 6.07) is -0.767. The number of carbonyl (C=O) groups is 2. The molecule has 1 fully saturated rings. The van der Waals surface area contributed by atoms with Gasteiger partial charge in [-0.05, 0) is 33.6 Å². The van der Waals surface area contributed by atoms with Gasteiger partial charge < -0.3 is 19.4 Å². The predicted octanol–water partition coefficient (Wildman–Crippen LogP) is 1.21. The minimum absolute atomic E-state index is 0.135. The number of aliphatic hydroxyl groups excluding tert-OH is 1. The smallest absolute Gasteiger partial charge is 0.411 e. The lowest BCUT2D eigenvalue weighted by Gasteiger charge is -2.29. The lowest BCUT2D eigenvalue weighted by atomic mass is 10.2. The molecule has 1 N–H and O–H groups in total. The maximum absolute atomic E-state index is 11.8. The molecule has 0 aromatic heterocycles. The van der Waals surface area contributed by atoms with E-state index in [1.807, 2.05) is 0 Å². The van der Waals surface area contributed by atoms with Crippen molar-refractivity contribution in [1.82, 2.24) is 4.90 Å². The highest BCUT2D eigenvalue weighted by Gasteiger charge is 2.38. The van der Waals surface area contributed by atoms with Crippen molar-refractivity contribution in [3.05, 3.63) is 0 Å². The average molecular weight is 275 g/mol. The maximum atomic E-state index is 11.8. The Morgan fingerprint density at radius 3 is 2.26 bits per heavy atom. The maximum Gasteiger partial charge on any atom is 0.411 e. The van der Waals surface area contributed by atoms with E-state index in [9.17, 15) is 9.59 Å². The lowest BCUT2D eigenvalue weighted by Crippen LogP contribution is -2.46. The summed E-state index contributed by atoms with van der Waals surface area (Å²) in [5.41, 5.74) is -0.590. The summed E-state index contributed by atoms with van der Waals surface area (Å²) in [5.74, 6) is 0. The number of nitrogens with zero attached hydrogens (tertiary/aromatic N) is 1. The molecule has 19 heavy (non-hydrogen) atoms. The SMILES string of the molecule is CC(C)(C)OC(=O)N1C(C=O)CCC1CO.COC. The zero-order valence-electron chi connectivity index (χ0n) is 12.4. The molecule has 112 valence electrons. The number of ether oxygens (including phenoxy) is 2. The van der Waals surface area contributed by atoms with E-state index in [2.05, 4.69) is 4.74 Å². The first-order valence-corrected chi connectivity index (χ1v) is 6.28. The van der Waals surface area contributed by atoms with E-state index in [1.165, 1.54) is 4.90 Å². The van der Waals surface area contributed by atoms with Gasteiger partial charge in [-0.3, -0.25) is 4.90 Å². The second-order valence-corrected chi connectivity index (χ2v) is 5.41. The monoisotopic (exact) mass is 275 g/mol. The van der Waals surface area contributed by atoms with Crippen LogP contribution in [0, 0.1) is 0 Å². The minimum Gasteiger partial charge on any atom is -0.444 e. The van der Waals surface area contributed by atoms with Crippen molar-refractivity contribution in [1.29, 1.82) is 0 Å². The number of rotatable bonds is 2. The van der Waals surface area contributed by atoms with E-state index in [1.54, 1.807) is 35.0 Å². The van der Waals surface area contributed by atoms with Crippen LogP contribution in [0.3, 0.4) is 0 Å². The molecule has 0 aliphatic carbocycles. The topological polar surface area (TPSA) is 76.1 Å². The molecular formula is C13H25NO5. The van der Waals surface area contributed by atoms with Crippen molar-refractivity contribution in [2.75, 3.05) is 20.8 Å². The highest BCUT2D eigenvalue weighted by atomic mass is 16.6. The second kappa shape index (κ2) is 8.12. The van der Waals surface area contributed by atoms with Gasteiger partial charge in [0, 0.05) is 14.2 Å². The number of aldehydes is 1. The number of hydrogen-bond donors (Lipinski definition) is 1. The summed E-state index contributed by atoms with van der Waals surface area (Å²) in [7, 11) is 3.25. The van der Waals surface area contributed by atoms with Gasteiger partial charge in [0.05, 0.1) is 18.7 Å². The van der Waals surface area contributed by atoms with E-state index in [4.69, 9.17) is 9.84 Å². The molecule has 0 saturated carbocycles. The fourth-order valence-corrected chi connectivity index (χ4v) is 1.82. The van der Waals surface area contributed by atoms with Crippen LogP contribution in [0.2, 0.25) is 0 Å². The minimum atomic E-state index is -0.590.